The molecule has 0 heterocycles. The Balaban J connectivity index is 2.76. The van der Waals surface area contributed by atoms with Gasteiger partial charge in [-0.2, -0.15) is 0 Å². The van der Waals surface area contributed by atoms with Gasteiger partial charge in [-0.05, 0) is 18.2 Å². The summed E-state index contributed by atoms with van der Waals surface area (Å²) in [4.78, 5) is 13.6. The Bertz CT molecular complexity index is 422. The molecule has 0 aliphatic rings. The van der Waals surface area contributed by atoms with E-state index in [0.717, 1.165) is 0 Å². The van der Waals surface area contributed by atoms with Gasteiger partial charge < -0.3 is 14.4 Å². The third kappa shape index (κ3) is 3.85. The molecule has 0 N–H and O–H groups in total. The molecule has 1 aromatic carbocycles. The molecule has 0 aliphatic carbocycles. The van der Waals surface area contributed by atoms with Crippen molar-refractivity contribution < 1.29 is 14.3 Å². The number of carbonyl (C=O) groups excluding carboxylic acids is 1. The van der Waals surface area contributed by atoms with Crippen molar-refractivity contribution in [2.45, 2.75) is 6.29 Å². The van der Waals surface area contributed by atoms with Crippen molar-refractivity contribution in [3.05, 3.63) is 33.8 Å². The van der Waals surface area contributed by atoms with Gasteiger partial charge in [0.25, 0.3) is 5.91 Å². The molecule has 0 aliphatic heterocycles. The van der Waals surface area contributed by atoms with E-state index in [0.29, 0.717) is 22.2 Å². The maximum absolute atomic E-state index is 12.1. The van der Waals surface area contributed by atoms with Crippen molar-refractivity contribution in [2.75, 3.05) is 27.8 Å². The van der Waals surface area contributed by atoms with Gasteiger partial charge in [0.15, 0.2) is 6.29 Å². The maximum Gasteiger partial charge on any atom is 0.253 e. The lowest BCUT2D eigenvalue weighted by Gasteiger charge is -2.22. The number of ether oxygens (including phenoxy) is 2. The van der Waals surface area contributed by atoms with Crippen molar-refractivity contribution in [1.29, 1.82) is 0 Å². The number of benzene rings is 1. The van der Waals surface area contributed by atoms with E-state index in [1.54, 1.807) is 19.2 Å². The highest BCUT2D eigenvalue weighted by molar-refractivity contribution is 6.42. The molecule has 1 aromatic rings. The van der Waals surface area contributed by atoms with Gasteiger partial charge >= 0.3 is 0 Å². The molecule has 0 fully saturated rings. The second kappa shape index (κ2) is 6.95. The van der Waals surface area contributed by atoms with Crippen LogP contribution in [-0.4, -0.2) is 44.9 Å². The Labute approximate surface area is 116 Å². The third-order valence-electron chi connectivity index (χ3n) is 2.46. The van der Waals surface area contributed by atoms with Crippen LogP contribution in [-0.2, 0) is 9.47 Å². The Morgan fingerprint density at radius 2 is 1.89 bits per heavy atom. The monoisotopic (exact) mass is 291 g/mol. The Morgan fingerprint density at radius 3 is 2.39 bits per heavy atom. The van der Waals surface area contributed by atoms with Crippen molar-refractivity contribution in [3.8, 4) is 0 Å². The molecule has 4 nitrogen and oxygen atoms in total. The Kier molecular flexibility index (Phi) is 5.88. The summed E-state index contributed by atoms with van der Waals surface area (Å²) in [7, 11) is 4.70. The van der Waals surface area contributed by atoms with Gasteiger partial charge in [-0.25, -0.2) is 0 Å². The van der Waals surface area contributed by atoms with E-state index in [1.165, 1.54) is 25.2 Å². The topological polar surface area (TPSA) is 38.8 Å². The minimum Gasteiger partial charge on any atom is -0.354 e. The van der Waals surface area contributed by atoms with Crippen molar-refractivity contribution in [2.24, 2.45) is 0 Å². The van der Waals surface area contributed by atoms with Crippen LogP contribution in [0.1, 0.15) is 10.4 Å². The summed E-state index contributed by atoms with van der Waals surface area (Å²) < 4.78 is 10.1. The predicted octanol–water partition coefficient (Wildman–Crippen LogP) is 2.68. The highest BCUT2D eigenvalue weighted by Gasteiger charge is 2.17. The van der Waals surface area contributed by atoms with Crippen LogP contribution < -0.4 is 0 Å². The van der Waals surface area contributed by atoms with Crippen LogP contribution >= 0.6 is 23.2 Å². The molecule has 6 heteroatoms. The molecule has 100 valence electrons. The zero-order chi connectivity index (χ0) is 13.7. The minimum atomic E-state index is -0.457. The molecule has 1 rings (SSSR count). The van der Waals surface area contributed by atoms with Crippen LogP contribution in [0.15, 0.2) is 18.2 Å². The van der Waals surface area contributed by atoms with Crippen LogP contribution in [0.4, 0.5) is 0 Å². The smallest absolute Gasteiger partial charge is 0.253 e. The quantitative estimate of drug-likeness (QED) is 0.783. The van der Waals surface area contributed by atoms with Crippen LogP contribution in [0, 0.1) is 0 Å². The summed E-state index contributed by atoms with van der Waals surface area (Å²) in [5.41, 5.74) is 0.470. The SMILES string of the molecule is COC(CN(C)C(=O)c1ccc(Cl)c(Cl)c1)OC. The lowest BCUT2D eigenvalue weighted by molar-refractivity contribution is -0.110. The summed E-state index contributed by atoms with van der Waals surface area (Å²) in [5.74, 6) is -0.173. The lowest BCUT2D eigenvalue weighted by Crippen LogP contribution is -2.36. The van der Waals surface area contributed by atoms with E-state index in [-0.39, 0.29) is 5.91 Å². The van der Waals surface area contributed by atoms with E-state index in [4.69, 9.17) is 32.7 Å². The molecule has 0 aromatic heterocycles. The van der Waals surface area contributed by atoms with Gasteiger partial charge in [0.05, 0.1) is 16.6 Å². The fourth-order valence-electron chi connectivity index (χ4n) is 1.40. The average molecular weight is 292 g/mol. The first-order valence-electron chi connectivity index (χ1n) is 5.25. The molecule has 0 unspecified atom stereocenters. The van der Waals surface area contributed by atoms with Gasteiger partial charge in [-0.15, -0.1) is 0 Å². The first-order valence-corrected chi connectivity index (χ1v) is 6.01. The normalized spacial score (nSPS) is 10.8. The number of methoxy groups -OCH3 is 2. The Morgan fingerprint density at radius 1 is 1.28 bits per heavy atom. The zero-order valence-electron chi connectivity index (χ0n) is 10.4. The third-order valence-corrected chi connectivity index (χ3v) is 3.20. The van der Waals surface area contributed by atoms with Gasteiger partial charge in [0, 0.05) is 26.8 Å². The number of halogens is 2. The molecule has 1 amide bonds. The summed E-state index contributed by atoms with van der Waals surface area (Å²) in [6.45, 7) is 0.325. The van der Waals surface area contributed by atoms with Gasteiger partial charge in [-0.1, -0.05) is 23.2 Å². The minimum absolute atomic E-state index is 0.173. The highest BCUT2D eigenvalue weighted by Crippen LogP contribution is 2.23. The zero-order valence-corrected chi connectivity index (χ0v) is 12.0. The number of nitrogens with zero attached hydrogens (tertiary/aromatic N) is 1. The van der Waals surface area contributed by atoms with Crippen molar-refractivity contribution >= 4 is 29.1 Å². The average Bonchev–Trinajstić information content (AvgIpc) is 2.38. The first-order chi connectivity index (χ1) is 8.49. The van der Waals surface area contributed by atoms with Gasteiger partial charge in [0.1, 0.15) is 0 Å². The summed E-state index contributed by atoms with van der Waals surface area (Å²) in [6, 6.07) is 4.76. The van der Waals surface area contributed by atoms with E-state index in [9.17, 15) is 4.79 Å². The molecule has 0 atom stereocenters. The number of hydrogen-bond acceptors (Lipinski definition) is 3. The van der Waals surface area contributed by atoms with Gasteiger partial charge in [0.2, 0.25) is 0 Å². The van der Waals surface area contributed by atoms with Crippen LogP contribution in [0.5, 0.6) is 0 Å². The van der Waals surface area contributed by atoms with E-state index < -0.39 is 6.29 Å². The standard InChI is InChI=1S/C12H15Cl2NO3/c1-15(7-11(17-2)18-3)12(16)8-4-5-9(13)10(14)6-8/h4-6,11H,7H2,1-3H3. The summed E-state index contributed by atoms with van der Waals surface area (Å²) in [5, 5.41) is 0.772. The molecule has 0 spiro atoms. The number of amides is 1. The number of carbonyl (C=O) groups is 1. The Hall–Kier alpha value is -0.810. The van der Waals surface area contributed by atoms with Crippen LogP contribution in [0.3, 0.4) is 0 Å². The van der Waals surface area contributed by atoms with E-state index in [2.05, 4.69) is 0 Å². The maximum atomic E-state index is 12.1. The number of hydrogen-bond donors (Lipinski definition) is 0. The molecule has 18 heavy (non-hydrogen) atoms. The second-order valence-electron chi connectivity index (χ2n) is 3.72. The van der Waals surface area contributed by atoms with E-state index >= 15 is 0 Å². The number of likely N-dealkylation sites (N-methyl/N-ethyl adjacent to an activating group) is 1. The van der Waals surface area contributed by atoms with Crippen molar-refractivity contribution in [1.82, 2.24) is 4.90 Å². The van der Waals surface area contributed by atoms with Crippen molar-refractivity contribution in [3.63, 3.8) is 0 Å². The van der Waals surface area contributed by atoms with Crippen LogP contribution in [0.25, 0.3) is 0 Å². The lowest BCUT2D eigenvalue weighted by atomic mass is 10.2. The summed E-state index contributed by atoms with van der Waals surface area (Å²) in [6.07, 6.45) is -0.457. The fourth-order valence-corrected chi connectivity index (χ4v) is 1.70. The largest absolute Gasteiger partial charge is 0.354 e. The molecule has 0 radical (unpaired) electrons. The van der Waals surface area contributed by atoms with Crippen LogP contribution in [0.2, 0.25) is 10.0 Å². The molecule has 0 saturated carbocycles. The molecule has 0 bridgehead atoms. The summed E-state index contributed by atoms with van der Waals surface area (Å²) >= 11 is 11.7. The van der Waals surface area contributed by atoms with Gasteiger partial charge in [-0.3, -0.25) is 4.79 Å². The molecule has 0 saturated heterocycles. The van der Waals surface area contributed by atoms with E-state index in [1.807, 2.05) is 0 Å². The number of rotatable bonds is 5. The molecular formula is C12H15Cl2NO3. The molecular weight excluding hydrogens is 277 g/mol. The first kappa shape index (κ1) is 15.2. The fraction of sp³-hybridized carbons (Fsp3) is 0.417. The second-order valence-corrected chi connectivity index (χ2v) is 4.53. The highest BCUT2D eigenvalue weighted by atomic mass is 35.5. The predicted molar refractivity (Wildman–Crippen MR) is 71.2 cm³/mol.